The van der Waals surface area contributed by atoms with Crippen LogP contribution >= 0.6 is 0 Å². The SMILES string of the molecule is CCCNC(C)C1(CCOCCC(C)C)CC1. The molecule has 102 valence electrons. The zero-order valence-corrected chi connectivity index (χ0v) is 12.2. The largest absolute Gasteiger partial charge is 0.381 e. The molecule has 0 aromatic carbocycles. The van der Waals surface area contributed by atoms with E-state index in [-0.39, 0.29) is 0 Å². The zero-order valence-electron chi connectivity index (χ0n) is 12.2. The fourth-order valence-corrected chi connectivity index (χ4v) is 2.33. The van der Waals surface area contributed by atoms with E-state index in [4.69, 9.17) is 4.74 Å². The van der Waals surface area contributed by atoms with Crippen molar-refractivity contribution in [3.63, 3.8) is 0 Å². The van der Waals surface area contributed by atoms with Crippen molar-refractivity contribution < 1.29 is 4.74 Å². The highest BCUT2D eigenvalue weighted by atomic mass is 16.5. The number of ether oxygens (including phenoxy) is 1. The number of rotatable bonds is 10. The second-order valence-corrected chi connectivity index (χ2v) is 6.08. The third-order valence-corrected chi connectivity index (χ3v) is 4.10. The minimum atomic E-state index is 0.563. The van der Waals surface area contributed by atoms with Crippen molar-refractivity contribution in [3.8, 4) is 0 Å². The number of nitrogens with one attached hydrogen (secondary N) is 1. The summed E-state index contributed by atoms with van der Waals surface area (Å²) in [6, 6.07) is 0.663. The number of hydrogen-bond donors (Lipinski definition) is 1. The lowest BCUT2D eigenvalue weighted by molar-refractivity contribution is 0.101. The van der Waals surface area contributed by atoms with E-state index in [1.54, 1.807) is 0 Å². The van der Waals surface area contributed by atoms with Crippen LogP contribution in [0.4, 0.5) is 0 Å². The first kappa shape index (κ1) is 15.0. The molecule has 0 aliphatic heterocycles. The molecule has 1 rings (SSSR count). The Balaban J connectivity index is 2.09. The Labute approximate surface area is 108 Å². The first-order valence-electron chi connectivity index (χ1n) is 7.42. The van der Waals surface area contributed by atoms with Crippen LogP contribution in [0.1, 0.15) is 59.8 Å². The summed E-state index contributed by atoms with van der Waals surface area (Å²) in [5.41, 5.74) is 0.563. The quantitative estimate of drug-likeness (QED) is 0.590. The highest BCUT2D eigenvalue weighted by molar-refractivity contribution is 5.00. The van der Waals surface area contributed by atoms with Crippen molar-refractivity contribution >= 4 is 0 Å². The van der Waals surface area contributed by atoms with Gasteiger partial charge < -0.3 is 10.1 Å². The Kier molecular flexibility index (Phi) is 6.50. The van der Waals surface area contributed by atoms with Crippen molar-refractivity contribution in [2.45, 2.75) is 65.8 Å². The summed E-state index contributed by atoms with van der Waals surface area (Å²) in [7, 11) is 0. The predicted octanol–water partition coefficient (Wildman–Crippen LogP) is 3.61. The maximum absolute atomic E-state index is 5.75. The minimum Gasteiger partial charge on any atom is -0.381 e. The van der Waals surface area contributed by atoms with E-state index in [1.807, 2.05) is 0 Å². The first-order valence-corrected chi connectivity index (χ1v) is 7.42. The molecular weight excluding hydrogens is 210 g/mol. The van der Waals surface area contributed by atoms with Crippen LogP contribution in [-0.4, -0.2) is 25.8 Å². The third kappa shape index (κ3) is 5.39. The van der Waals surface area contributed by atoms with E-state index < -0.39 is 0 Å². The summed E-state index contributed by atoms with van der Waals surface area (Å²) in [6.07, 6.45) is 6.43. The van der Waals surface area contributed by atoms with Crippen LogP contribution in [0, 0.1) is 11.3 Å². The van der Waals surface area contributed by atoms with Gasteiger partial charge in [-0.25, -0.2) is 0 Å². The number of hydrogen-bond acceptors (Lipinski definition) is 2. The molecule has 0 radical (unpaired) electrons. The molecule has 0 aromatic rings. The zero-order chi connectivity index (χ0) is 12.7. The van der Waals surface area contributed by atoms with Crippen LogP contribution in [0.5, 0.6) is 0 Å². The van der Waals surface area contributed by atoms with Gasteiger partial charge in [-0.15, -0.1) is 0 Å². The van der Waals surface area contributed by atoms with Crippen LogP contribution in [0.15, 0.2) is 0 Å². The molecule has 17 heavy (non-hydrogen) atoms. The van der Waals surface area contributed by atoms with E-state index in [0.29, 0.717) is 11.5 Å². The molecule has 0 spiro atoms. The van der Waals surface area contributed by atoms with Crippen molar-refractivity contribution in [2.24, 2.45) is 11.3 Å². The second-order valence-electron chi connectivity index (χ2n) is 6.08. The summed E-state index contributed by atoms with van der Waals surface area (Å²) in [5.74, 6) is 0.759. The van der Waals surface area contributed by atoms with Crippen LogP contribution in [0.3, 0.4) is 0 Å². The van der Waals surface area contributed by atoms with E-state index in [9.17, 15) is 0 Å². The molecule has 1 unspecified atom stereocenters. The van der Waals surface area contributed by atoms with Gasteiger partial charge in [-0.1, -0.05) is 20.8 Å². The molecule has 0 bridgehead atoms. The summed E-state index contributed by atoms with van der Waals surface area (Å²) in [6.45, 7) is 12.1. The second kappa shape index (κ2) is 7.38. The van der Waals surface area contributed by atoms with Gasteiger partial charge in [0.05, 0.1) is 0 Å². The molecule has 0 heterocycles. The first-order chi connectivity index (χ1) is 8.10. The molecule has 1 aliphatic rings. The van der Waals surface area contributed by atoms with Gasteiger partial charge in [0.15, 0.2) is 0 Å². The average molecular weight is 241 g/mol. The molecule has 1 fully saturated rings. The topological polar surface area (TPSA) is 21.3 Å². The average Bonchev–Trinajstić information content (AvgIpc) is 3.06. The fourth-order valence-electron chi connectivity index (χ4n) is 2.33. The maximum Gasteiger partial charge on any atom is 0.0471 e. The van der Waals surface area contributed by atoms with Crippen molar-refractivity contribution in [1.29, 1.82) is 0 Å². The normalized spacial score (nSPS) is 19.6. The van der Waals surface area contributed by atoms with Gasteiger partial charge in [0, 0.05) is 19.3 Å². The third-order valence-electron chi connectivity index (χ3n) is 4.10. The standard InChI is InChI=1S/C15H31NO/c1-5-10-16-14(4)15(7-8-15)9-12-17-11-6-13(2)3/h13-14,16H,5-12H2,1-4H3. The lowest BCUT2D eigenvalue weighted by atomic mass is 9.94. The Morgan fingerprint density at radius 1 is 1.18 bits per heavy atom. The van der Waals surface area contributed by atoms with Crippen LogP contribution in [0.25, 0.3) is 0 Å². The lowest BCUT2D eigenvalue weighted by Crippen LogP contribution is -2.36. The van der Waals surface area contributed by atoms with Crippen LogP contribution in [-0.2, 0) is 4.74 Å². The highest BCUT2D eigenvalue weighted by Gasteiger charge is 2.46. The van der Waals surface area contributed by atoms with Gasteiger partial charge in [0.1, 0.15) is 0 Å². The summed E-state index contributed by atoms with van der Waals surface area (Å²) in [4.78, 5) is 0. The molecule has 1 saturated carbocycles. The fraction of sp³-hybridized carbons (Fsp3) is 1.00. The van der Waals surface area contributed by atoms with Gasteiger partial charge >= 0.3 is 0 Å². The Morgan fingerprint density at radius 3 is 2.41 bits per heavy atom. The highest BCUT2D eigenvalue weighted by Crippen LogP contribution is 2.51. The lowest BCUT2D eigenvalue weighted by Gasteiger charge is -2.24. The van der Waals surface area contributed by atoms with E-state index in [1.165, 1.54) is 32.1 Å². The Bertz CT molecular complexity index is 199. The van der Waals surface area contributed by atoms with E-state index in [0.717, 1.165) is 25.7 Å². The molecule has 2 heteroatoms. The summed E-state index contributed by atoms with van der Waals surface area (Å²) >= 11 is 0. The Hall–Kier alpha value is -0.0800. The molecule has 0 saturated heterocycles. The van der Waals surface area contributed by atoms with Crippen molar-refractivity contribution in [1.82, 2.24) is 5.32 Å². The minimum absolute atomic E-state index is 0.563. The van der Waals surface area contributed by atoms with Gasteiger partial charge in [-0.2, -0.15) is 0 Å². The van der Waals surface area contributed by atoms with Crippen molar-refractivity contribution in [3.05, 3.63) is 0 Å². The van der Waals surface area contributed by atoms with Gasteiger partial charge in [-0.05, 0) is 56.9 Å². The predicted molar refractivity (Wildman–Crippen MR) is 74.3 cm³/mol. The van der Waals surface area contributed by atoms with E-state index >= 15 is 0 Å². The maximum atomic E-state index is 5.75. The molecule has 1 atom stereocenters. The smallest absolute Gasteiger partial charge is 0.0471 e. The van der Waals surface area contributed by atoms with Crippen LogP contribution < -0.4 is 5.32 Å². The molecule has 1 aliphatic carbocycles. The van der Waals surface area contributed by atoms with Crippen molar-refractivity contribution in [2.75, 3.05) is 19.8 Å². The molecule has 1 N–H and O–H groups in total. The van der Waals surface area contributed by atoms with Crippen LogP contribution in [0.2, 0.25) is 0 Å². The van der Waals surface area contributed by atoms with Gasteiger partial charge in [0.25, 0.3) is 0 Å². The summed E-state index contributed by atoms with van der Waals surface area (Å²) < 4.78 is 5.75. The van der Waals surface area contributed by atoms with E-state index in [2.05, 4.69) is 33.0 Å². The summed E-state index contributed by atoms with van der Waals surface area (Å²) in [5, 5.41) is 3.64. The monoisotopic (exact) mass is 241 g/mol. The van der Waals surface area contributed by atoms with Gasteiger partial charge in [0.2, 0.25) is 0 Å². The molecule has 0 amide bonds. The Morgan fingerprint density at radius 2 is 1.88 bits per heavy atom. The van der Waals surface area contributed by atoms with Gasteiger partial charge in [-0.3, -0.25) is 0 Å². The molecule has 2 nitrogen and oxygen atoms in total. The molecular formula is C15H31NO. The molecule has 0 aromatic heterocycles.